The highest BCUT2D eigenvalue weighted by molar-refractivity contribution is 5.85. The molecule has 1 aliphatic rings. The first kappa shape index (κ1) is 16.8. The molecule has 0 bridgehead atoms. The van der Waals surface area contributed by atoms with Crippen molar-refractivity contribution in [2.75, 3.05) is 19.7 Å². The monoisotopic (exact) mass is 302 g/mol. The maximum atomic E-state index is 11.3. The zero-order valence-corrected chi connectivity index (χ0v) is 13.3. The average Bonchev–Trinajstić information content (AvgIpc) is 2.96. The fraction of sp³-hybridized carbons (Fsp3) is 0.556. The van der Waals surface area contributed by atoms with E-state index in [1.54, 1.807) is 6.21 Å². The minimum Gasteiger partial charge on any atom is -0.395 e. The molecule has 1 heterocycles. The summed E-state index contributed by atoms with van der Waals surface area (Å²) in [6.45, 7) is 3.87. The molecule has 1 aromatic carbocycles. The van der Waals surface area contributed by atoms with Crippen LogP contribution in [0.5, 0.6) is 0 Å². The molecule has 2 atom stereocenters. The third-order valence-electron chi connectivity index (χ3n) is 4.26. The standard InChI is InChI=1S/C18H26N2O2/c1-2-18(22)19-12-16-11-17(14-21)20(13-16)10-6-9-15-7-4-3-5-8-15/h3-5,7-8,12,16-17,21H,2,6,9-11,13-14H2,1H3/t16?,17-/m1/s1. The summed E-state index contributed by atoms with van der Waals surface area (Å²) in [5.74, 6) is 0.215. The largest absolute Gasteiger partial charge is 0.395 e. The molecule has 4 nitrogen and oxygen atoms in total. The maximum Gasteiger partial charge on any atom is 0.245 e. The highest BCUT2D eigenvalue weighted by Gasteiger charge is 2.30. The minimum absolute atomic E-state index is 0.0666. The minimum atomic E-state index is -0.0666. The molecule has 1 amide bonds. The Morgan fingerprint density at radius 2 is 2.18 bits per heavy atom. The molecule has 1 fully saturated rings. The smallest absolute Gasteiger partial charge is 0.245 e. The molecule has 0 radical (unpaired) electrons. The Bertz CT molecular complexity index is 487. The Morgan fingerprint density at radius 1 is 1.41 bits per heavy atom. The van der Waals surface area contributed by atoms with Crippen LogP contribution >= 0.6 is 0 Å². The molecular weight excluding hydrogens is 276 g/mol. The molecule has 1 unspecified atom stereocenters. The van der Waals surface area contributed by atoms with Crippen molar-refractivity contribution in [3.05, 3.63) is 35.9 Å². The van der Waals surface area contributed by atoms with Crippen molar-refractivity contribution < 1.29 is 9.90 Å². The number of aliphatic hydroxyl groups excluding tert-OH is 1. The van der Waals surface area contributed by atoms with Crippen molar-refractivity contribution in [1.82, 2.24) is 4.90 Å². The van der Waals surface area contributed by atoms with Gasteiger partial charge in [0.25, 0.3) is 0 Å². The normalized spacial score (nSPS) is 22.5. The number of aliphatic hydroxyl groups is 1. The maximum absolute atomic E-state index is 11.3. The van der Waals surface area contributed by atoms with Gasteiger partial charge in [0.15, 0.2) is 0 Å². The zero-order chi connectivity index (χ0) is 15.8. The molecule has 0 aromatic heterocycles. The van der Waals surface area contributed by atoms with E-state index in [4.69, 9.17) is 0 Å². The summed E-state index contributed by atoms with van der Waals surface area (Å²) in [6, 6.07) is 10.7. The predicted octanol–water partition coefficient (Wildman–Crippen LogP) is 2.31. The fourth-order valence-corrected chi connectivity index (χ4v) is 3.01. The molecule has 0 aliphatic carbocycles. The zero-order valence-electron chi connectivity index (χ0n) is 13.3. The number of aryl methyl sites for hydroxylation is 1. The molecule has 1 aromatic rings. The first-order chi connectivity index (χ1) is 10.7. The number of aliphatic imine (C=N–C) groups is 1. The lowest BCUT2D eigenvalue weighted by Crippen LogP contribution is -2.33. The van der Waals surface area contributed by atoms with Crippen LogP contribution in [-0.2, 0) is 11.2 Å². The van der Waals surface area contributed by atoms with Crippen molar-refractivity contribution in [2.24, 2.45) is 10.9 Å². The van der Waals surface area contributed by atoms with Crippen LogP contribution in [0.25, 0.3) is 0 Å². The van der Waals surface area contributed by atoms with Gasteiger partial charge in [-0.2, -0.15) is 0 Å². The Morgan fingerprint density at radius 3 is 2.86 bits per heavy atom. The third kappa shape index (κ3) is 5.04. The number of hydrogen-bond donors (Lipinski definition) is 1. The van der Waals surface area contributed by atoms with Gasteiger partial charge in [0.2, 0.25) is 5.91 Å². The summed E-state index contributed by atoms with van der Waals surface area (Å²) >= 11 is 0. The molecule has 22 heavy (non-hydrogen) atoms. The summed E-state index contributed by atoms with van der Waals surface area (Å²) in [7, 11) is 0. The van der Waals surface area contributed by atoms with Crippen molar-refractivity contribution in [2.45, 2.75) is 38.6 Å². The van der Waals surface area contributed by atoms with E-state index in [9.17, 15) is 9.90 Å². The number of hydrogen-bond acceptors (Lipinski definition) is 3. The molecule has 4 heteroatoms. The quantitative estimate of drug-likeness (QED) is 0.786. The Balaban J connectivity index is 1.80. The van der Waals surface area contributed by atoms with Crippen molar-refractivity contribution in [3.63, 3.8) is 0 Å². The van der Waals surface area contributed by atoms with Gasteiger partial charge in [0, 0.05) is 31.1 Å². The number of rotatable bonds is 7. The van der Waals surface area contributed by atoms with Crippen LogP contribution in [0.4, 0.5) is 0 Å². The lowest BCUT2D eigenvalue weighted by atomic mass is 10.1. The van der Waals surface area contributed by atoms with Crippen LogP contribution in [0.3, 0.4) is 0 Å². The second-order valence-corrected chi connectivity index (χ2v) is 5.94. The van der Waals surface area contributed by atoms with Crippen LogP contribution in [-0.4, -0.2) is 47.9 Å². The van der Waals surface area contributed by atoms with E-state index in [0.29, 0.717) is 6.42 Å². The summed E-state index contributed by atoms with van der Waals surface area (Å²) in [6.07, 6.45) is 5.27. The number of carbonyl (C=O) groups is 1. The van der Waals surface area contributed by atoms with E-state index in [0.717, 1.165) is 32.4 Å². The molecule has 1 saturated heterocycles. The lowest BCUT2D eigenvalue weighted by Gasteiger charge is -2.22. The predicted molar refractivity (Wildman–Crippen MR) is 89.1 cm³/mol. The number of amides is 1. The van der Waals surface area contributed by atoms with Crippen molar-refractivity contribution in [1.29, 1.82) is 0 Å². The van der Waals surface area contributed by atoms with E-state index in [2.05, 4.69) is 34.2 Å². The van der Waals surface area contributed by atoms with Gasteiger partial charge in [-0.15, -0.1) is 0 Å². The summed E-state index contributed by atoms with van der Waals surface area (Å²) in [4.78, 5) is 17.6. The first-order valence-electron chi connectivity index (χ1n) is 8.18. The van der Waals surface area contributed by atoms with E-state index < -0.39 is 0 Å². The molecule has 1 aliphatic heterocycles. The van der Waals surface area contributed by atoms with Gasteiger partial charge in [-0.3, -0.25) is 9.69 Å². The summed E-state index contributed by atoms with van der Waals surface area (Å²) in [5.41, 5.74) is 1.36. The molecule has 0 spiro atoms. The van der Waals surface area contributed by atoms with Gasteiger partial charge in [0.05, 0.1) is 6.61 Å². The van der Waals surface area contributed by atoms with Crippen LogP contribution in [0.2, 0.25) is 0 Å². The van der Waals surface area contributed by atoms with Gasteiger partial charge in [-0.25, -0.2) is 4.99 Å². The first-order valence-corrected chi connectivity index (χ1v) is 8.18. The van der Waals surface area contributed by atoms with Crippen LogP contribution in [0.15, 0.2) is 35.3 Å². The molecule has 1 N–H and O–H groups in total. The number of benzene rings is 1. The second kappa shape index (κ2) is 8.81. The topological polar surface area (TPSA) is 52.9 Å². The molecular formula is C18H26N2O2. The van der Waals surface area contributed by atoms with Gasteiger partial charge in [-0.1, -0.05) is 37.3 Å². The fourth-order valence-electron chi connectivity index (χ4n) is 3.01. The Labute approximate surface area is 132 Å². The number of likely N-dealkylation sites (tertiary alicyclic amines) is 1. The molecule has 120 valence electrons. The van der Waals surface area contributed by atoms with Crippen molar-refractivity contribution >= 4 is 12.1 Å². The second-order valence-electron chi connectivity index (χ2n) is 5.94. The summed E-state index contributed by atoms with van der Waals surface area (Å²) in [5, 5.41) is 9.54. The van der Waals surface area contributed by atoms with Gasteiger partial charge < -0.3 is 5.11 Å². The van der Waals surface area contributed by atoms with E-state index in [1.165, 1.54) is 5.56 Å². The third-order valence-corrected chi connectivity index (χ3v) is 4.26. The highest BCUT2D eigenvalue weighted by atomic mass is 16.3. The number of nitrogens with zero attached hydrogens (tertiary/aromatic N) is 2. The highest BCUT2D eigenvalue weighted by Crippen LogP contribution is 2.22. The van der Waals surface area contributed by atoms with Crippen LogP contribution in [0, 0.1) is 5.92 Å². The Hall–Kier alpha value is -1.52. The Kier molecular flexibility index (Phi) is 6.74. The average molecular weight is 302 g/mol. The van der Waals surface area contributed by atoms with E-state index in [-0.39, 0.29) is 24.5 Å². The summed E-state index contributed by atoms with van der Waals surface area (Å²) < 4.78 is 0. The van der Waals surface area contributed by atoms with Gasteiger partial charge in [-0.05, 0) is 31.4 Å². The van der Waals surface area contributed by atoms with E-state index >= 15 is 0 Å². The van der Waals surface area contributed by atoms with Gasteiger partial charge >= 0.3 is 0 Å². The van der Waals surface area contributed by atoms with Crippen molar-refractivity contribution in [3.8, 4) is 0 Å². The lowest BCUT2D eigenvalue weighted by molar-refractivity contribution is -0.117. The van der Waals surface area contributed by atoms with Crippen LogP contribution < -0.4 is 0 Å². The van der Waals surface area contributed by atoms with Crippen LogP contribution in [0.1, 0.15) is 31.7 Å². The molecule has 2 rings (SSSR count). The SMILES string of the molecule is CCC(=O)N=CC1C[C@H](CO)N(CCCc2ccccc2)C1. The number of carbonyl (C=O) groups excluding carboxylic acids is 1. The molecule has 0 saturated carbocycles. The van der Waals surface area contributed by atoms with E-state index in [1.807, 2.05) is 13.0 Å². The van der Waals surface area contributed by atoms with Gasteiger partial charge in [0.1, 0.15) is 0 Å².